The van der Waals surface area contributed by atoms with Crippen LogP contribution < -0.4 is 5.32 Å². The molecule has 2 saturated carbocycles. The van der Waals surface area contributed by atoms with E-state index in [-0.39, 0.29) is 10.8 Å². The maximum absolute atomic E-state index is 12.3. The van der Waals surface area contributed by atoms with Crippen LogP contribution in [0.3, 0.4) is 0 Å². The first-order valence-electron chi connectivity index (χ1n) is 7.59. The third-order valence-corrected chi connectivity index (χ3v) is 6.62. The predicted octanol–water partition coefficient (Wildman–Crippen LogP) is 2.11. The van der Waals surface area contributed by atoms with E-state index in [1.54, 1.807) is 11.4 Å². The van der Waals surface area contributed by atoms with Crippen LogP contribution in [0.5, 0.6) is 0 Å². The van der Waals surface area contributed by atoms with Gasteiger partial charge in [-0.25, -0.2) is 12.7 Å². The predicted molar refractivity (Wildman–Crippen MR) is 78.7 cm³/mol. The minimum atomic E-state index is -3.05. The molecule has 2 fully saturated rings. The van der Waals surface area contributed by atoms with Gasteiger partial charge < -0.3 is 5.32 Å². The lowest BCUT2D eigenvalue weighted by Gasteiger charge is -2.42. The minimum Gasteiger partial charge on any atom is -0.308 e. The molecule has 0 aromatic heterocycles. The van der Waals surface area contributed by atoms with Gasteiger partial charge in [0, 0.05) is 25.2 Å². The maximum atomic E-state index is 12.3. The molecule has 0 amide bonds. The Kier molecular flexibility index (Phi) is 4.58. The molecule has 4 nitrogen and oxygen atoms in total. The molecule has 0 aliphatic heterocycles. The maximum Gasteiger partial charge on any atom is 0.216 e. The van der Waals surface area contributed by atoms with Crippen LogP contribution in [0.4, 0.5) is 0 Å². The first-order valence-corrected chi connectivity index (χ1v) is 9.09. The summed E-state index contributed by atoms with van der Waals surface area (Å²) in [5, 5.41) is 3.55. The van der Waals surface area contributed by atoms with Gasteiger partial charge in [0.05, 0.1) is 5.25 Å². The lowest BCUT2D eigenvalue weighted by atomic mass is 9.81. The van der Waals surface area contributed by atoms with Crippen LogP contribution in [0.25, 0.3) is 0 Å². The summed E-state index contributed by atoms with van der Waals surface area (Å²) in [4.78, 5) is 0. The fourth-order valence-electron chi connectivity index (χ4n) is 3.33. The van der Waals surface area contributed by atoms with E-state index in [4.69, 9.17) is 0 Å². The second kappa shape index (κ2) is 5.70. The molecular formula is C14H28N2O2S. The van der Waals surface area contributed by atoms with Crippen molar-refractivity contribution in [3.8, 4) is 0 Å². The summed E-state index contributed by atoms with van der Waals surface area (Å²) < 4.78 is 26.2. The average molecular weight is 288 g/mol. The van der Waals surface area contributed by atoms with Gasteiger partial charge in [-0.3, -0.25) is 0 Å². The number of sulfonamides is 1. The molecular weight excluding hydrogens is 260 g/mol. The number of hydrogen-bond acceptors (Lipinski definition) is 3. The molecule has 19 heavy (non-hydrogen) atoms. The fourth-order valence-corrected chi connectivity index (χ4v) is 4.99. The molecule has 0 unspecified atom stereocenters. The van der Waals surface area contributed by atoms with Crippen LogP contribution >= 0.6 is 0 Å². The first kappa shape index (κ1) is 15.3. The van der Waals surface area contributed by atoms with Gasteiger partial charge >= 0.3 is 0 Å². The zero-order chi connectivity index (χ0) is 14.1. The monoisotopic (exact) mass is 288 g/mol. The van der Waals surface area contributed by atoms with Crippen molar-refractivity contribution in [3.63, 3.8) is 0 Å². The highest BCUT2D eigenvalue weighted by molar-refractivity contribution is 7.90. The first-order chi connectivity index (χ1) is 8.86. The largest absolute Gasteiger partial charge is 0.308 e. The molecule has 0 heterocycles. The van der Waals surface area contributed by atoms with E-state index < -0.39 is 10.0 Å². The Balaban J connectivity index is 2.06. The second-order valence-corrected chi connectivity index (χ2v) is 8.96. The van der Waals surface area contributed by atoms with Gasteiger partial charge in [-0.1, -0.05) is 33.1 Å². The van der Waals surface area contributed by atoms with Crippen molar-refractivity contribution in [2.75, 3.05) is 13.6 Å². The van der Waals surface area contributed by atoms with Crippen LogP contribution in [0, 0.1) is 0 Å². The Bertz CT molecular complexity index is 396. The normalized spacial score (nSPS) is 24.1. The van der Waals surface area contributed by atoms with E-state index in [0.29, 0.717) is 12.6 Å². The molecule has 2 aliphatic rings. The van der Waals surface area contributed by atoms with Gasteiger partial charge in [-0.2, -0.15) is 0 Å². The van der Waals surface area contributed by atoms with Gasteiger partial charge in [-0.15, -0.1) is 0 Å². The molecule has 0 atom stereocenters. The van der Waals surface area contributed by atoms with Gasteiger partial charge in [0.1, 0.15) is 0 Å². The summed E-state index contributed by atoms with van der Waals surface area (Å²) in [6.07, 6.45) is 7.56. The van der Waals surface area contributed by atoms with Crippen LogP contribution in [0.2, 0.25) is 0 Å². The van der Waals surface area contributed by atoms with E-state index in [0.717, 1.165) is 25.7 Å². The molecule has 0 aromatic carbocycles. The fraction of sp³-hybridized carbons (Fsp3) is 1.00. The lowest BCUT2D eigenvalue weighted by molar-refractivity contribution is 0.183. The molecule has 1 N–H and O–H groups in total. The summed E-state index contributed by atoms with van der Waals surface area (Å²) in [5.41, 5.74) is -0.0108. The van der Waals surface area contributed by atoms with Crippen molar-refractivity contribution in [3.05, 3.63) is 0 Å². The van der Waals surface area contributed by atoms with Gasteiger partial charge in [0.15, 0.2) is 0 Å². The Morgan fingerprint density at radius 1 is 1.21 bits per heavy atom. The second-order valence-electron chi connectivity index (χ2n) is 6.64. The van der Waals surface area contributed by atoms with Crippen molar-refractivity contribution >= 4 is 10.0 Å². The highest BCUT2D eigenvalue weighted by atomic mass is 32.2. The molecule has 2 aliphatic carbocycles. The van der Waals surface area contributed by atoms with Crippen LogP contribution in [-0.2, 0) is 10.0 Å². The summed E-state index contributed by atoms with van der Waals surface area (Å²) >= 11 is 0. The highest BCUT2D eigenvalue weighted by Gasteiger charge is 2.42. The highest BCUT2D eigenvalue weighted by Crippen LogP contribution is 2.34. The number of hydrogen-bond donors (Lipinski definition) is 1. The zero-order valence-corrected chi connectivity index (χ0v) is 13.3. The van der Waals surface area contributed by atoms with Crippen molar-refractivity contribution < 1.29 is 8.42 Å². The van der Waals surface area contributed by atoms with Gasteiger partial charge in [0.25, 0.3) is 0 Å². The van der Waals surface area contributed by atoms with Crippen molar-refractivity contribution in [2.24, 2.45) is 0 Å². The van der Waals surface area contributed by atoms with Crippen molar-refractivity contribution in [1.29, 1.82) is 0 Å². The Hall–Kier alpha value is -0.130. The smallest absolute Gasteiger partial charge is 0.216 e. The number of rotatable bonds is 6. The molecule has 0 aromatic rings. The van der Waals surface area contributed by atoms with E-state index in [1.807, 2.05) is 0 Å². The molecule has 5 heteroatoms. The quantitative estimate of drug-likeness (QED) is 0.814. The summed E-state index contributed by atoms with van der Waals surface area (Å²) in [6.45, 7) is 4.92. The zero-order valence-electron chi connectivity index (χ0n) is 12.5. The topological polar surface area (TPSA) is 49.4 Å². The number of nitrogens with one attached hydrogen (secondary N) is 1. The standard InChI is InChI=1S/C14H28N2O2S/c1-12(2)15-14(9-5-4-6-10-14)11-16(3)19(17,18)13-7-8-13/h12-13,15H,4-11H2,1-3H3. The Morgan fingerprint density at radius 2 is 1.79 bits per heavy atom. The molecule has 0 saturated heterocycles. The number of nitrogens with zero attached hydrogens (tertiary/aromatic N) is 1. The average Bonchev–Trinajstić information content (AvgIpc) is 3.12. The third-order valence-electron chi connectivity index (χ3n) is 4.31. The Labute approximate surface area is 118 Å². The molecule has 2 rings (SSSR count). The van der Waals surface area contributed by atoms with E-state index >= 15 is 0 Å². The van der Waals surface area contributed by atoms with Gasteiger partial charge in [-0.05, 0) is 25.7 Å². The van der Waals surface area contributed by atoms with E-state index in [2.05, 4.69) is 19.2 Å². The van der Waals surface area contributed by atoms with Crippen LogP contribution in [-0.4, -0.2) is 43.1 Å². The Morgan fingerprint density at radius 3 is 2.26 bits per heavy atom. The molecule has 0 bridgehead atoms. The van der Waals surface area contributed by atoms with Crippen molar-refractivity contribution in [1.82, 2.24) is 9.62 Å². The molecule has 112 valence electrons. The molecule has 0 radical (unpaired) electrons. The van der Waals surface area contributed by atoms with E-state index in [9.17, 15) is 8.42 Å². The van der Waals surface area contributed by atoms with Crippen molar-refractivity contribution in [2.45, 2.75) is 75.6 Å². The van der Waals surface area contributed by atoms with Crippen LogP contribution in [0.1, 0.15) is 58.8 Å². The summed E-state index contributed by atoms with van der Waals surface area (Å²) in [6, 6.07) is 0.398. The lowest BCUT2D eigenvalue weighted by Crippen LogP contribution is -2.57. The third kappa shape index (κ3) is 3.70. The van der Waals surface area contributed by atoms with Crippen LogP contribution in [0.15, 0.2) is 0 Å². The number of likely N-dealkylation sites (N-methyl/N-ethyl adjacent to an activating group) is 1. The van der Waals surface area contributed by atoms with E-state index in [1.165, 1.54) is 19.3 Å². The SMILES string of the molecule is CC(C)NC1(CN(C)S(=O)(=O)C2CC2)CCCCC1. The van der Waals surface area contributed by atoms with Gasteiger partial charge in [0.2, 0.25) is 10.0 Å². The summed E-state index contributed by atoms with van der Waals surface area (Å²) in [7, 11) is -1.29. The summed E-state index contributed by atoms with van der Waals surface area (Å²) in [5.74, 6) is 0. The minimum absolute atomic E-state index is 0.0108. The molecule has 0 spiro atoms.